The molecule has 7 nitrogen and oxygen atoms in total. The van der Waals surface area contributed by atoms with E-state index in [2.05, 4.69) is 23.7 Å². The Labute approximate surface area is 174 Å². The lowest BCUT2D eigenvalue weighted by molar-refractivity contribution is -0.129. The van der Waals surface area contributed by atoms with Gasteiger partial charge in [0.1, 0.15) is 11.8 Å². The normalized spacial score (nSPS) is 17.1. The molecule has 2 aromatic rings. The van der Waals surface area contributed by atoms with E-state index in [9.17, 15) is 14.7 Å². The van der Waals surface area contributed by atoms with Gasteiger partial charge in [0, 0.05) is 6.54 Å². The lowest BCUT2D eigenvalue weighted by Crippen LogP contribution is -2.34. The third-order valence-electron chi connectivity index (χ3n) is 5.24. The van der Waals surface area contributed by atoms with Crippen LogP contribution in [0.25, 0.3) is 0 Å². The molecule has 0 fully saturated rings. The lowest BCUT2D eigenvalue weighted by Gasteiger charge is -2.26. The molecule has 156 valence electrons. The Hall–Kier alpha value is -2.45. The number of aliphatic hydroxyl groups is 1. The zero-order valence-corrected chi connectivity index (χ0v) is 18.1. The number of aliphatic hydroxyl groups excluding tert-OH is 1. The SMILES string of the molecule is CCN(CC)CCCN1C(=O)C(O)=C(C(=O)c2sc(C)nc2C)C1c1ccco1. The summed E-state index contributed by atoms with van der Waals surface area (Å²) in [4.78, 5) is 34.7. The van der Waals surface area contributed by atoms with Gasteiger partial charge in [-0.25, -0.2) is 4.98 Å². The van der Waals surface area contributed by atoms with Crippen molar-refractivity contribution in [3.63, 3.8) is 0 Å². The van der Waals surface area contributed by atoms with Crippen molar-refractivity contribution in [2.75, 3.05) is 26.2 Å². The van der Waals surface area contributed by atoms with Crippen LogP contribution in [0.1, 0.15) is 52.4 Å². The zero-order valence-electron chi connectivity index (χ0n) is 17.3. The number of carbonyl (C=O) groups is 2. The van der Waals surface area contributed by atoms with Gasteiger partial charge in [-0.2, -0.15) is 0 Å². The maximum absolute atomic E-state index is 13.3. The predicted molar refractivity (Wildman–Crippen MR) is 111 cm³/mol. The number of furan rings is 1. The topological polar surface area (TPSA) is 86.9 Å². The van der Waals surface area contributed by atoms with Gasteiger partial charge in [0.05, 0.1) is 27.4 Å². The quantitative estimate of drug-likeness (QED) is 0.627. The third kappa shape index (κ3) is 4.13. The van der Waals surface area contributed by atoms with Gasteiger partial charge < -0.3 is 19.3 Å². The second-order valence-electron chi connectivity index (χ2n) is 7.04. The first-order valence-corrected chi connectivity index (χ1v) is 10.7. The molecule has 1 N–H and O–H groups in total. The molecule has 0 bridgehead atoms. The van der Waals surface area contributed by atoms with Crippen molar-refractivity contribution in [1.29, 1.82) is 0 Å². The first-order valence-electron chi connectivity index (χ1n) is 9.87. The maximum atomic E-state index is 13.3. The zero-order chi connectivity index (χ0) is 21.1. The van der Waals surface area contributed by atoms with Crippen LogP contribution in [0.2, 0.25) is 0 Å². The summed E-state index contributed by atoms with van der Waals surface area (Å²) in [5.41, 5.74) is 0.669. The fourth-order valence-corrected chi connectivity index (χ4v) is 4.60. The Morgan fingerprint density at radius 3 is 2.62 bits per heavy atom. The molecule has 0 saturated carbocycles. The standard InChI is InChI=1S/C21H27N3O4S/c1-5-23(6-2)10-8-11-24-17(15-9-7-12-28-15)16(19(26)21(24)27)18(25)20-13(3)22-14(4)29-20/h7,9,12,17,26H,5-6,8,10-11H2,1-4H3. The van der Waals surface area contributed by atoms with Gasteiger partial charge >= 0.3 is 0 Å². The fourth-order valence-electron chi connectivity index (χ4n) is 3.73. The Morgan fingerprint density at radius 1 is 1.34 bits per heavy atom. The molecule has 8 heteroatoms. The number of rotatable bonds is 9. The van der Waals surface area contributed by atoms with E-state index in [1.54, 1.807) is 19.1 Å². The molecule has 0 spiro atoms. The minimum atomic E-state index is -0.733. The molecule has 1 unspecified atom stereocenters. The van der Waals surface area contributed by atoms with Gasteiger partial charge in [-0.3, -0.25) is 9.59 Å². The number of hydrogen-bond donors (Lipinski definition) is 1. The highest BCUT2D eigenvalue weighted by Crippen LogP contribution is 2.40. The molecule has 0 radical (unpaired) electrons. The van der Waals surface area contributed by atoms with Crippen molar-refractivity contribution in [2.24, 2.45) is 0 Å². The molecule has 2 aromatic heterocycles. The minimum Gasteiger partial charge on any atom is -0.503 e. The van der Waals surface area contributed by atoms with Gasteiger partial charge in [-0.1, -0.05) is 13.8 Å². The second-order valence-corrected chi connectivity index (χ2v) is 8.24. The van der Waals surface area contributed by atoms with E-state index < -0.39 is 17.7 Å². The van der Waals surface area contributed by atoms with E-state index in [0.29, 0.717) is 22.9 Å². The summed E-state index contributed by atoms with van der Waals surface area (Å²) in [5, 5.41) is 11.4. The highest BCUT2D eigenvalue weighted by Gasteiger charge is 2.45. The molecule has 0 saturated heterocycles. The summed E-state index contributed by atoms with van der Waals surface area (Å²) in [6.45, 7) is 10.9. The molecule has 1 atom stereocenters. The van der Waals surface area contributed by atoms with Gasteiger partial charge in [-0.15, -0.1) is 11.3 Å². The van der Waals surface area contributed by atoms with Crippen LogP contribution in [0.15, 0.2) is 34.1 Å². The predicted octanol–water partition coefficient (Wildman–Crippen LogP) is 3.66. The van der Waals surface area contributed by atoms with Crippen molar-refractivity contribution in [3.8, 4) is 0 Å². The van der Waals surface area contributed by atoms with E-state index in [-0.39, 0.29) is 11.4 Å². The number of aromatic nitrogens is 1. The molecular weight excluding hydrogens is 390 g/mol. The van der Waals surface area contributed by atoms with Crippen LogP contribution in [0, 0.1) is 13.8 Å². The van der Waals surface area contributed by atoms with Crippen molar-refractivity contribution in [3.05, 3.63) is 51.1 Å². The van der Waals surface area contributed by atoms with Crippen LogP contribution in [-0.4, -0.2) is 57.8 Å². The van der Waals surface area contributed by atoms with E-state index in [4.69, 9.17) is 4.42 Å². The van der Waals surface area contributed by atoms with E-state index >= 15 is 0 Å². The number of Topliss-reactive ketones (excluding diaryl/α,β-unsaturated/α-hetero) is 1. The van der Waals surface area contributed by atoms with E-state index in [1.165, 1.54) is 22.5 Å². The number of thiazole rings is 1. The van der Waals surface area contributed by atoms with Crippen molar-refractivity contribution >= 4 is 23.0 Å². The van der Waals surface area contributed by atoms with Crippen LogP contribution < -0.4 is 0 Å². The molecular formula is C21H27N3O4S. The summed E-state index contributed by atoms with van der Waals surface area (Å²) in [6, 6.07) is 2.71. The molecule has 0 aliphatic carbocycles. The third-order valence-corrected chi connectivity index (χ3v) is 6.31. The largest absolute Gasteiger partial charge is 0.503 e. The average molecular weight is 418 g/mol. The molecule has 1 amide bonds. The van der Waals surface area contributed by atoms with Crippen LogP contribution in [0.5, 0.6) is 0 Å². The highest BCUT2D eigenvalue weighted by atomic mass is 32.1. The van der Waals surface area contributed by atoms with Gasteiger partial charge in [0.25, 0.3) is 5.91 Å². The Morgan fingerprint density at radius 2 is 2.07 bits per heavy atom. The number of carbonyl (C=O) groups excluding carboxylic acids is 2. The number of nitrogens with zero attached hydrogens (tertiary/aromatic N) is 3. The van der Waals surface area contributed by atoms with Gasteiger partial charge in [0.15, 0.2) is 5.76 Å². The summed E-state index contributed by atoms with van der Waals surface area (Å²) >= 11 is 1.27. The Balaban J connectivity index is 1.91. The van der Waals surface area contributed by atoms with Crippen LogP contribution in [0.3, 0.4) is 0 Å². The summed E-state index contributed by atoms with van der Waals surface area (Å²) in [6.07, 6.45) is 2.24. The fraction of sp³-hybridized carbons (Fsp3) is 0.476. The first kappa shape index (κ1) is 21.3. The maximum Gasteiger partial charge on any atom is 0.290 e. The van der Waals surface area contributed by atoms with Gasteiger partial charge in [0.2, 0.25) is 5.78 Å². The summed E-state index contributed by atoms with van der Waals surface area (Å²) in [7, 11) is 0. The van der Waals surface area contributed by atoms with Crippen LogP contribution >= 0.6 is 11.3 Å². The van der Waals surface area contributed by atoms with Gasteiger partial charge in [-0.05, 0) is 52.0 Å². The molecule has 0 aromatic carbocycles. The van der Waals surface area contributed by atoms with Crippen molar-refractivity contribution in [1.82, 2.24) is 14.8 Å². The smallest absolute Gasteiger partial charge is 0.290 e. The number of hydrogen-bond acceptors (Lipinski definition) is 7. The monoisotopic (exact) mass is 417 g/mol. The molecule has 29 heavy (non-hydrogen) atoms. The lowest BCUT2D eigenvalue weighted by atomic mass is 9.99. The number of ketones is 1. The Kier molecular flexibility index (Phi) is 6.54. The molecule has 3 rings (SSSR count). The van der Waals surface area contributed by atoms with E-state index in [0.717, 1.165) is 31.1 Å². The molecule has 1 aliphatic rings. The Bertz CT molecular complexity index is 913. The summed E-state index contributed by atoms with van der Waals surface area (Å²) < 4.78 is 5.55. The average Bonchev–Trinajstić information content (AvgIpc) is 3.39. The first-order chi connectivity index (χ1) is 13.9. The second kappa shape index (κ2) is 8.92. The minimum absolute atomic E-state index is 0.0690. The van der Waals surface area contributed by atoms with E-state index in [1.807, 2.05) is 6.92 Å². The van der Waals surface area contributed by atoms with Crippen LogP contribution in [0.4, 0.5) is 0 Å². The number of aryl methyl sites for hydroxylation is 2. The van der Waals surface area contributed by atoms with Crippen LogP contribution in [-0.2, 0) is 4.79 Å². The van der Waals surface area contributed by atoms with Crippen molar-refractivity contribution in [2.45, 2.75) is 40.2 Å². The highest BCUT2D eigenvalue weighted by molar-refractivity contribution is 7.14. The van der Waals surface area contributed by atoms with Crippen molar-refractivity contribution < 1.29 is 19.1 Å². The molecule has 3 heterocycles. The summed E-state index contributed by atoms with van der Waals surface area (Å²) in [5.74, 6) is -0.933. The molecule has 1 aliphatic heterocycles. The number of amides is 1.